The van der Waals surface area contributed by atoms with Gasteiger partial charge in [0.05, 0.1) is 6.04 Å². The molecular formula is C19H18N2O. The van der Waals surface area contributed by atoms with E-state index in [4.69, 9.17) is 4.74 Å². The standard InChI is InChI=1S/C19H18N2O/c1-15(16-6-5-13-20-14-16)21-17-9-11-19(12-10-17)22-18-7-3-2-4-8-18/h2-15,21H,1H3. The third-order valence-corrected chi connectivity index (χ3v) is 3.40. The smallest absolute Gasteiger partial charge is 0.127 e. The van der Waals surface area contributed by atoms with E-state index in [1.807, 2.05) is 66.9 Å². The first-order chi connectivity index (χ1) is 10.8. The topological polar surface area (TPSA) is 34.1 Å². The van der Waals surface area contributed by atoms with Crippen LogP contribution in [0.2, 0.25) is 0 Å². The summed E-state index contributed by atoms with van der Waals surface area (Å²) in [4.78, 5) is 4.15. The number of hydrogen-bond acceptors (Lipinski definition) is 3. The number of nitrogens with one attached hydrogen (secondary N) is 1. The minimum absolute atomic E-state index is 0.203. The Labute approximate surface area is 130 Å². The summed E-state index contributed by atoms with van der Waals surface area (Å²) >= 11 is 0. The molecule has 0 saturated carbocycles. The van der Waals surface area contributed by atoms with Crippen molar-refractivity contribution in [1.82, 2.24) is 4.98 Å². The molecule has 0 aliphatic heterocycles. The van der Waals surface area contributed by atoms with E-state index < -0.39 is 0 Å². The molecule has 1 unspecified atom stereocenters. The van der Waals surface area contributed by atoms with Gasteiger partial charge in [0.15, 0.2) is 0 Å². The average molecular weight is 290 g/mol. The lowest BCUT2D eigenvalue weighted by atomic mass is 10.1. The van der Waals surface area contributed by atoms with Crippen LogP contribution < -0.4 is 10.1 Å². The van der Waals surface area contributed by atoms with E-state index in [2.05, 4.69) is 23.3 Å². The van der Waals surface area contributed by atoms with Gasteiger partial charge in [-0.15, -0.1) is 0 Å². The first-order valence-corrected chi connectivity index (χ1v) is 7.31. The van der Waals surface area contributed by atoms with Gasteiger partial charge in [-0.25, -0.2) is 0 Å². The van der Waals surface area contributed by atoms with Crippen molar-refractivity contribution in [3.05, 3.63) is 84.7 Å². The molecule has 3 heteroatoms. The number of anilines is 1. The maximum atomic E-state index is 5.79. The number of benzene rings is 2. The van der Waals surface area contributed by atoms with Crippen LogP contribution in [-0.4, -0.2) is 4.98 Å². The molecule has 0 amide bonds. The van der Waals surface area contributed by atoms with E-state index in [0.717, 1.165) is 22.7 Å². The fourth-order valence-corrected chi connectivity index (χ4v) is 2.21. The molecule has 0 aliphatic rings. The number of nitrogens with zero attached hydrogens (tertiary/aromatic N) is 1. The van der Waals surface area contributed by atoms with E-state index in [1.54, 1.807) is 6.20 Å². The molecule has 0 bridgehead atoms. The van der Waals surface area contributed by atoms with E-state index in [1.165, 1.54) is 0 Å². The van der Waals surface area contributed by atoms with Crippen LogP contribution in [0.25, 0.3) is 0 Å². The molecule has 110 valence electrons. The Morgan fingerprint density at radius 3 is 2.27 bits per heavy atom. The van der Waals surface area contributed by atoms with Gasteiger partial charge in [-0.1, -0.05) is 24.3 Å². The summed E-state index contributed by atoms with van der Waals surface area (Å²) in [6.07, 6.45) is 3.66. The van der Waals surface area contributed by atoms with Crippen LogP contribution in [0.1, 0.15) is 18.5 Å². The Hall–Kier alpha value is -2.81. The third-order valence-electron chi connectivity index (χ3n) is 3.40. The van der Waals surface area contributed by atoms with Crippen molar-refractivity contribution < 1.29 is 4.74 Å². The Morgan fingerprint density at radius 1 is 0.864 bits per heavy atom. The number of ether oxygens (including phenoxy) is 1. The van der Waals surface area contributed by atoms with Crippen LogP contribution in [0.3, 0.4) is 0 Å². The monoisotopic (exact) mass is 290 g/mol. The third kappa shape index (κ3) is 3.64. The van der Waals surface area contributed by atoms with Crippen molar-refractivity contribution >= 4 is 5.69 Å². The second-order valence-corrected chi connectivity index (χ2v) is 5.09. The van der Waals surface area contributed by atoms with E-state index in [0.29, 0.717) is 0 Å². The zero-order chi connectivity index (χ0) is 15.2. The first-order valence-electron chi connectivity index (χ1n) is 7.31. The molecule has 3 rings (SSSR count). The van der Waals surface area contributed by atoms with E-state index in [-0.39, 0.29) is 6.04 Å². The first kappa shape index (κ1) is 14.1. The maximum Gasteiger partial charge on any atom is 0.127 e. The molecule has 1 atom stereocenters. The fraction of sp³-hybridized carbons (Fsp3) is 0.105. The lowest BCUT2D eigenvalue weighted by Crippen LogP contribution is -2.06. The lowest BCUT2D eigenvalue weighted by Gasteiger charge is -2.15. The van der Waals surface area contributed by atoms with Crippen molar-refractivity contribution in [2.75, 3.05) is 5.32 Å². The fourth-order valence-electron chi connectivity index (χ4n) is 2.21. The molecule has 3 aromatic rings. The normalized spacial score (nSPS) is 11.7. The van der Waals surface area contributed by atoms with Gasteiger partial charge in [-0.2, -0.15) is 0 Å². The molecule has 0 saturated heterocycles. The summed E-state index contributed by atoms with van der Waals surface area (Å²) in [6.45, 7) is 2.12. The van der Waals surface area contributed by atoms with Gasteiger partial charge in [-0.3, -0.25) is 4.98 Å². The second kappa shape index (κ2) is 6.76. The van der Waals surface area contributed by atoms with Gasteiger partial charge < -0.3 is 10.1 Å². The highest BCUT2D eigenvalue weighted by Crippen LogP contribution is 2.24. The predicted octanol–water partition coefficient (Wildman–Crippen LogP) is 5.05. The minimum Gasteiger partial charge on any atom is -0.457 e. The zero-order valence-electron chi connectivity index (χ0n) is 12.4. The van der Waals surface area contributed by atoms with Crippen molar-refractivity contribution in [3.8, 4) is 11.5 Å². The Morgan fingerprint density at radius 2 is 1.59 bits per heavy atom. The van der Waals surface area contributed by atoms with Crippen LogP contribution >= 0.6 is 0 Å². The second-order valence-electron chi connectivity index (χ2n) is 5.09. The molecule has 22 heavy (non-hydrogen) atoms. The van der Waals surface area contributed by atoms with Gasteiger partial charge in [0.1, 0.15) is 11.5 Å². The van der Waals surface area contributed by atoms with E-state index >= 15 is 0 Å². The van der Waals surface area contributed by atoms with Gasteiger partial charge in [0, 0.05) is 18.1 Å². The minimum atomic E-state index is 0.203. The van der Waals surface area contributed by atoms with Gasteiger partial charge in [0.2, 0.25) is 0 Å². The van der Waals surface area contributed by atoms with Gasteiger partial charge >= 0.3 is 0 Å². The van der Waals surface area contributed by atoms with Crippen LogP contribution in [0.15, 0.2) is 79.1 Å². The number of para-hydroxylation sites is 1. The summed E-state index contributed by atoms with van der Waals surface area (Å²) in [6, 6.07) is 22.0. The molecule has 1 aromatic heterocycles. The summed E-state index contributed by atoms with van der Waals surface area (Å²) < 4.78 is 5.79. The molecule has 1 N–H and O–H groups in total. The lowest BCUT2D eigenvalue weighted by molar-refractivity contribution is 0.483. The summed E-state index contributed by atoms with van der Waals surface area (Å²) in [7, 11) is 0. The molecule has 0 fully saturated rings. The van der Waals surface area contributed by atoms with Gasteiger partial charge in [-0.05, 0) is 55.0 Å². The molecule has 0 radical (unpaired) electrons. The highest BCUT2D eigenvalue weighted by molar-refractivity contribution is 5.48. The molecule has 2 aromatic carbocycles. The zero-order valence-corrected chi connectivity index (χ0v) is 12.4. The highest BCUT2D eigenvalue weighted by Gasteiger charge is 2.05. The number of rotatable bonds is 5. The molecular weight excluding hydrogens is 272 g/mol. The Kier molecular flexibility index (Phi) is 4.35. The Balaban J connectivity index is 1.64. The van der Waals surface area contributed by atoms with Crippen molar-refractivity contribution in [2.45, 2.75) is 13.0 Å². The van der Waals surface area contributed by atoms with Gasteiger partial charge in [0.25, 0.3) is 0 Å². The SMILES string of the molecule is CC(Nc1ccc(Oc2ccccc2)cc1)c1cccnc1. The van der Waals surface area contributed by atoms with Crippen LogP contribution in [-0.2, 0) is 0 Å². The van der Waals surface area contributed by atoms with Crippen molar-refractivity contribution in [3.63, 3.8) is 0 Å². The van der Waals surface area contributed by atoms with Crippen molar-refractivity contribution in [1.29, 1.82) is 0 Å². The average Bonchev–Trinajstić information content (AvgIpc) is 2.58. The summed E-state index contributed by atoms with van der Waals surface area (Å²) in [5.74, 6) is 1.66. The summed E-state index contributed by atoms with van der Waals surface area (Å²) in [5.41, 5.74) is 2.21. The quantitative estimate of drug-likeness (QED) is 0.714. The predicted molar refractivity (Wildman–Crippen MR) is 89.2 cm³/mol. The summed E-state index contributed by atoms with van der Waals surface area (Å²) in [5, 5.41) is 3.45. The highest BCUT2D eigenvalue weighted by atomic mass is 16.5. The molecule has 3 nitrogen and oxygen atoms in total. The Bertz CT molecular complexity index is 697. The van der Waals surface area contributed by atoms with E-state index in [9.17, 15) is 0 Å². The number of hydrogen-bond donors (Lipinski definition) is 1. The molecule has 0 aliphatic carbocycles. The van der Waals surface area contributed by atoms with Crippen molar-refractivity contribution in [2.24, 2.45) is 0 Å². The maximum absolute atomic E-state index is 5.79. The van der Waals surface area contributed by atoms with Crippen LogP contribution in [0.4, 0.5) is 5.69 Å². The van der Waals surface area contributed by atoms with Crippen LogP contribution in [0.5, 0.6) is 11.5 Å². The number of aromatic nitrogens is 1. The largest absolute Gasteiger partial charge is 0.457 e. The van der Waals surface area contributed by atoms with Crippen LogP contribution in [0, 0.1) is 0 Å². The molecule has 0 spiro atoms. The molecule has 1 heterocycles. The number of pyridine rings is 1.